The van der Waals surface area contributed by atoms with Crippen LogP contribution in [0.2, 0.25) is 0 Å². The summed E-state index contributed by atoms with van der Waals surface area (Å²) in [6.45, 7) is 6.02. The lowest BCUT2D eigenvalue weighted by molar-refractivity contribution is 0.199. The molecule has 2 aliphatic rings. The minimum atomic E-state index is -0.184. The second-order valence-corrected chi connectivity index (χ2v) is 9.06. The fourth-order valence-corrected chi connectivity index (χ4v) is 5.52. The SMILES string of the molecule is NC(=S)N1CCSC1c1ccccc1OCCN1CCN(c2cccc(F)c2)CC1. The van der Waals surface area contributed by atoms with Crippen molar-refractivity contribution in [3.05, 3.63) is 59.9 Å². The zero-order valence-corrected chi connectivity index (χ0v) is 18.5. The highest BCUT2D eigenvalue weighted by Gasteiger charge is 2.29. The Morgan fingerprint density at radius 1 is 1.10 bits per heavy atom. The van der Waals surface area contributed by atoms with Gasteiger partial charge in [0.05, 0.1) is 0 Å². The first-order valence-electron chi connectivity index (χ1n) is 10.2. The maximum absolute atomic E-state index is 13.5. The van der Waals surface area contributed by atoms with Crippen LogP contribution in [0.4, 0.5) is 10.1 Å². The van der Waals surface area contributed by atoms with E-state index < -0.39 is 0 Å². The average Bonchev–Trinajstić information content (AvgIpc) is 3.25. The van der Waals surface area contributed by atoms with Gasteiger partial charge in [0.25, 0.3) is 0 Å². The third-order valence-corrected chi connectivity index (χ3v) is 7.05. The fraction of sp³-hybridized carbons (Fsp3) is 0.409. The number of nitrogens with zero attached hydrogens (tertiary/aromatic N) is 3. The van der Waals surface area contributed by atoms with E-state index >= 15 is 0 Å². The van der Waals surface area contributed by atoms with E-state index in [1.807, 2.05) is 36.0 Å². The molecule has 2 aliphatic heterocycles. The normalized spacial score (nSPS) is 19.8. The van der Waals surface area contributed by atoms with Crippen LogP contribution in [-0.4, -0.2) is 66.5 Å². The number of para-hydroxylation sites is 1. The number of thioether (sulfide) groups is 1. The summed E-state index contributed by atoms with van der Waals surface area (Å²) in [7, 11) is 0. The zero-order chi connectivity index (χ0) is 20.9. The van der Waals surface area contributed by atoms with Crippen molar-refractivity contribution in [2.24, 2.45) is 5.73 Å². The molecule has 0 aromatic heterocycles. The summed E-state index contributed by atoms with van der Waals surface area (Å²) >= 11 is 7.06. The highest BCUT2D eigenvalue weighted by Crippen LogP contribution is 2.41. The lowest BCUT2D eigenvalue weighted by atomic mass is 10.2. The Morgan fingerprint density at radius 3 is 2.67 bits per heavy atom. The Bertz CT molecular complexity index is 876. The largest absolute Gasteiger partial charge is 0.492 e. The van der Waals surface area contributed by atoms with Crippen LogP contribution < -0.4 is 15.4 Å². The van der Waals surface area contributed by atoms with Gasteiger partial charge in [0.1, 0.15) is 23.5 Å². The van der Waals surface area contributed by atoms with E-state index in [1.165, 1.54) is 6.07 Å². The van der Waals surface area contributed by atoms with Gasteiger partial charge in [-0.1, -0.05) is 24.3 Å². The predicted octanol–water partition coefficient (Wildman–Crippen LogP) is 3.32. The molecule has 2 aromatic rings. The van der Waals surface area contributed by atoms with E-state index in [2.05, 4.69) is 20.8 Å². The lowest BCUT2D eigenvalue weighted by Gasteiger charge is -2.36. The van der Waals surface area contributed by atoms with Gasteiger partial charge < -0.3 is 20.3 Å². The van der Waals surface area contributed by atoms with Crippen molar-refractivity contribution in [3.63, 3.8) is 0 Å². The van der Waals surface area contributed by atoms with E-state index in [9.17, 15) is 4.39 Å². The van der Waals surface area contributed by atoms with E-state index in [-0.39, 0.29) is 11.2 Å². The molecule has 2 heterocycles. The van der Waals surface area contributed by atoms with Crippen molar-refractivity contribution in [3.8, 4) is 5.75 Å². The Hall–Kier alpha value is -2.03. The van der Waals surface area contributed by atoms with Gasteiger partial charge in [-0.3, -0.25) is 4.90 Å². The van der Waals surface area contributed by atoms with Crippen molar-refractivity contribution in [1.82, 2.24) is 9.80 Å². The topological polar surface area (TPSA) is 45.0 Å². The van der Waals surface area contributed by atoms with Crippen molar-refractivity contribution >= 4 is 34.8 Å². The molecule has 0 spiro atoms. The van der Waals surface area contributed by atoms with Crippen molar-refractivity contribution in [2.75, 3.05) is 56.5 Å². The molecule has 2 N–H and O–H groups in total. The number of halogens is 1. The van der Waals surface area contributed by atoms with Crippen molar-refractivity contribution in [2.45, 2.75) is 5.37 Å². The van der Waals surface area contributed by atoms with Crippen molar-refractivity contribution in [1.29, 1.82) is 0 Å². The Kier molecular flexibility index (Phi) is 6.97. The summed E-state index contributed by atoms with van der Waals surface area (Å²) in [5.41, 5.74) is 7.99. The molecule has 4 rings (SSSR count). The summed E-state index contributed by atoms with van der Waals surface area (Å²) in [6, 6.07) is 15.0. The van der Waals surface area contributed by atoms with Crippen LogP contribution >= 0.6 is 24.0 Å². The molecule has 0 saturated carbocycles. The zero-order valence-electron chi connectivity index (χ0n) is 16.9. The molecule has 2 aromatic carbocycles. The van der Waals surface area contributed by atoms with Gasteiger partial charge >= 0.3 is 0 Å². The lowest BCUT2D eigenvalue weighted by Crippen LogP contribution is -2.47. The quantitative estimate of drug-likeness (QED) is 0.683. The predicted molar refractivity (Wildman–Crippen MR) is 126 cm³/mol. The van der Waals surface area contributed by atoms with Gasteiger partial charge in [0.2, 0.25) is 0 Å². The minimum Gasteiger partial charge on any atom is -0.492 e. The van der Waals surface area contributed by atoms with E-state index in [0.717, 1.165) is 62.0 Å². The number of benzene rings is 2. The monoisotopic (exact) mass is 446 g/mol. The molecule has 8 heteroatoms. The second kappa shape index (κ2) is 9.85. The molecule has 2 fully saturated rings. The molecule has 0 bridgehead atoms. The average molecular weight is 447 g/mol. The van der Waals surface area contributed by atoms with Gasteiger partial charge in [-0.15, -0.1) is 11.8 Å². The molecular formula is C22H27FN4OS2. The van der Waals surface area contributed by atoms with Crippen LogP contribution in [0.25, 0.3) is 0 Å². The number of rotatable bonds is 6. The molecule has 30 heavy (non-hydrogen) atoms. The summed E-state index contributed by atoms with van der Waals surface area (Å²) in [6.07, 6.45) is 0. The minimum absolute atomic E-state index is 0.119. The van der Waals surface area contributed by atoms with Gasteiger partial charge in [-0.05, 0) is 36.5 Å². The summed E-state index contributed by atoms with van der Waals surface area (Å²) in [4.78, 5) is 6.69. The first-order valence-corrected chi connectivity index (χ1v) is 11.7. The maximum Gasteiger partial charge on any atom is 0.167 e. The van der Waals surface area contributed by atoms with E-state index in [1.54, 1.807) is 12.1 Å². The number of piperazine rings is 1. The number of anilines is 1. The number of thiocarbonyl (C=S) groups is 1. The highest BCUT2D eigenvalue weighted by atomic mass is 32.2. The van der Waals surface area contributed by atoms with Crippen LogP contribution in [0.5, 0.6) is 5.75 Å². The Labute approximate surface area is 187 Å². The standard InChI is InChI=1S/C22H27FN4OS2/c23-17-4-3-5-18(16-17)26-10-8-25(9-11-26)12-14-28-20-7-2-1-6-19(20)21-27(22(24)29)13-15-30-21/h1-7,16,21H,8-15H2,(H2,24,29). The van der Waals surface area contributed by atoms with Gasteiger partial charge in [0, 0.05) is 56.3 Å². The van der Waals surface area contributed by atoms with Gasteiger partial charge in [-0.2, -0.15) is 0 Å². The van der Waals surface area contributed by atoms with E-state index in [4.69, 9.17) is 22.7 Å². The van der Waals surface area contributed by atoms with Crippen LogP contribution in [0.3, 0.4) is 0 Å². The molecule has 0 aliphatic carbocycles. The summed E-state index contributed by atoms with van der Waals surface area (Å²) < 4.78 is 19.6. The molecule has 5 nitrogen and oxygen atoms in total. The molecule has 1 unspecified atom stereocenters. The van der Waals surface area contributed by atoms with Gasteiger partial charge in [-0.25, -0.2) is 4.39 Å². The first-order chi connectivity index (χ1) is 14.6. The first kappa shape index (κ1) is 21.2. The van der Waals surface area contributed by atoms with Crippen LogP contribution in [0.1, 0.15) is 10.9 Å². The molecular weight excluding hydrogens is 419 g/mol. The molecule has 0 radical (unpaired) electrons. The third-order valence-electron chi connectivity index (χ3n) is 5.57. The molecule has 2 saturated heterocycles. The number of nitrogens with two attached hydrogens (primary N) is 1. The van der Waals surface area contributed by atoms with Crippen LogP contribution in [-0.2, 0) is 0 Å². The highest BCUT2D eigenvalue weighted by molar-refractivity contribution is 7.99. The van der Waals surface area contributed by atoms with Crippen LogP contribution in [0.15, 0.2) is 48.5 Å². The summed E-state index contributed by atoms with van der Waals surface area (Å²) in [5.74, 6) is 1.72. The maximum atomic E-state index is 13.5. The smallest absolute Gasteiger partial charge is 0.167 e. The number of ether oxygens (including phenoxy) is 1. The summed E-state index contributed by atoms with van der Waals surface area (Å²) in [5, 5.41) is 0.560. The number of hydrogen-bond donors (Lipinski definition) is 1. The number of hydrogen-bond acceptors (Lipinski definition) is 5. The Balaban J connectivity index is 1.29. The van der Waals surface area contributed by atoms with Crippen molar-refractivity contribution < 1.29 is 9.13 Å². The third kappa shape index (κ3) is 4.99. The van der Waals surface area contributed by atoms with Gasteiger partial charge in [0.15, 0.2) is 5.11 Å². The van der Waals surface area contributed by atoms with Crippen LogP contribution in [0, 0.1) is 5.82 Å². The Morgan fingerprint density at radius 2 is 1.90 bits per heavy atom. The molecule has 0 amide bonds. The molecule has 160 valence electrons. The molecule has 1 atom stereocenters. The second-order valence-electron chi connectivity index (χ2n) is 7.45. The van der Waals surface area contributed by atoms with E-state index in [0.29, 0.717) is 11.7 Å². The fourth-order valence-electron chi connectivity index (χ4n) is 3.96.